The summed E-state index contributed by atoms with van der Waals surface area (Å²) in [5.41, 5.74) is 3.80. The molecule has 3 amide bonds. The van der Waals surface area contributed by atoms with E-state index in [1.165, 1.54) is 5.56 Å². The van der Waals surface area contributed by atoms with Crippen molar-refractivity contribution in [1.82, 2.24) is 10.2 Å². The lowest BCUT2D eigenvalue weighted by molar-refractivity contribution is 0.0949. The standard InChI is InChI=1S/C23H29N3O2/c1-17-6-8-21(9-7-17)25-23(28)26-14-11-19(12-15-26)10-13-24-22(27)20-5-3-4-18(2)16-20/h3-9,16,19H,10-15H2,1-2H3,(H,24,27)(H,25,28). The third kappa shape index (κ3) is 5.59. The Labute approximate surface area is 167 Å². The lowest BCUT2D eigenvalue weighted by Gasteiger charge is -2.32. The van der Waals surface area contributed by atoms with Gasteiger partial charge in [0.1, 0.15) is 0 Å². The van der Waals surface area contributed by atoms with Crippen molar-refractivity contribution in [1.29, 1.82) is 0 Å². The Morgan fingerprint density at radius 1 is 1.00 bits per heavy atom. The van der Waals surface area contributed by atoms with Crippen LogP contribution < -0.4 is 10.6 Å². The smallest absolute Gasteiger partial charge is 0.321 e. The van der Waals surface area contributed by atoms with Crippen LogP contribution in [-0.4, -0.2) is 36.5 Å². The van der Waals surface area contributed by atoms with Crippen molar-refractivity contribution >= 4 is 17.6 Å². The number of rotatable bonds is 5. The second-order valence-electron chi connectivity index (χ2n) is 7.64. The highest BCUT2D eigenvalue weighted by atomic mass is 16.2. The van der Waals surface area contributed by atoms with Gasteiger partial charge in [-0.05, 0) is 63.3 Å². The molecule has 28 heavy (non-hydrogen) atoms. The molecule has 1 heterocycles. The zero-order chi connectivity index (χ0) is 19.9. The van der Waals surface area contributed by atoms with Gasteiger partial charge in [0.25, 0.3) is 5.91 Å². The second kappa shape index (κ2) is 9.40. The third-order valence-electron chi connectivity index (χ3n) is 5.32. The fraction of sp³-hybridized carbons (Fsp3) is 0.391. The topological polar surface area (TPSA) is 61.4 Å². The number of carbonyl (C=O) groups excluding carboxylic acids is 2. The molecule has 5 nitrogen and oxygen atoms in total. The first-order valence-corrected chi connectivity index (χ1v) is 9.99. The predicted molar refractivity (Wildman–Crippen MR) is 113 cm³/mol. The number of likely N-dealkylation sites (tertiary alicyclic amines) is 1. The second-order valence-corrected chi connectivity index (χ2v) is 7.64. The molecule has 2 N–H and O–H groups in total. The SMILES string of the molecule is Cc1ccc(NC(=O)N2CCC(CCNC(=O)c3cccc(C)c3)CC2)cc1. The highest BCUT2D eigenvalue weighted by Crippen LogP contribution is 2.21. The molecule has 1 saturated heterocycles. The fourth-order valence-corrected chi connectivity index (χ4v) is 3.54. The van der Waals surface area contributed by atoms with E-state index < -0.39 is 0 Å². The monoisotopic (exact) mass is 379 g/mol. The molecule has 0 unspecified atom stereocenters. The van der Waals surface area contributed by atoms with E-state index in [0.29, 0.717) is 18.0 Å². The molecule has 0 spiro atoms. The Bertz CT molecular complexity index is 809. The van der Waals surface area contributed by atoms with Crippen molar-refractivity contribution in [2.75, 3.05) is 25.0 Å². The lowest BCUT2D eigenvalue weighted by Crippen LogP contribution is -2.41. The van der Waals surface area contributed by atoms with Crippen LogP contribution in [0.15, 0.2) is 48.5 Å². The Kier molecular flexibility index (Phi) is 6.69. The van der Waals surface area contributed by atoms with Gasteiger partial charge in [0, 0.05) is 30.9 Å². The van der Waals surface area contributed by atoms with E-state index in [9.17, 15) is 9.59 Å². The zero-order valence-electron chi connectivity index (χ0n) is 16.7. The van der Waals surface area contributed by atoms with Gasteiger partial charge in [-0.15, -0.1) is 0 Å². The summed E-state index contributed by atoms with van der Waals surface area (Å²) in [7, 11) is 0. The number of hydrogen-bond acceptors (Lipinski definition) is 2. The number of anilines is 1. The van der Waals surface area contributed by atoms with Gasteiger partial charge in [-0.2, -0.15) is 0 Å². The molecule has 2 aromatic carbocycles. The number of nitrogens with zero attached hydrogens (tertiary/aromatic N) is 1. The summed E-state index contributed by atoms with van der Waals surface area (Å²) in [6, 6.07) is 15.4. The molecule has 0 atom stereocenters. The lowest BCUT2D eigenvalue weighted by atomic mass is 9.93. The Hall–Kier alpha value is -2.82. The summed E-state index contributed by atoms with van der Waals surface area (Å²) in [6.45, 7) is 6.20. The van der Waals surface area contributed by atoms with Crippen molar-refractivity contribution in [3.63, 3.8) is 0 Å². The third-order valence-corrected chi connectivity index (χ3v) is 5.32. The fourth-order valence-electron chi connectivity index (χ4n) is 3.54. The van der Waals surface area contributed by atoms with Gasteiger partial charge >= 0.3 is 6.03 Å². The van der Waals surface area contributed by atoms with Crippen LogP contribution in [0, 0.1) is 19.8 Å². The number of piperidine rings is 1. The van der Waals surface area contributed by atoms with Crippen LogP contribution >= 0.6 is 0 Å². The van der Waals surface area contributed by atoms with E-state index in [1.807, 2.05) is 67.3 Å². The summed E-state index contributed by atoms with van der Waals surface area (Å²) in [5, 5.41) is 5.98. The number of benzene rings is 2. The molecular formula is C23H29N3O2. The molecule has 2 aromatic rings. The molecule has 0 bridgehead atoms. The van der Waals surface area contributed by atoms with Crippen LogP contribution in [0.1, 0.15) is 40.7 Å². The van der Waals surface area contributed by atoms with Crippen molar-refractivity contribution < 1.29 is 9.59 Å². The number of amides is 3. The predicted octanol–water partition coefficient (Wildman–Crippen LogP) is 4.37. The van der Waals surface area contributed by atoms with Gasteiger partial charge in [-0.25, -0.2) is 4.79 Å². The molecule has 3 rings (SSSR count). The summed E-state index contributed by atoms with van der Waals surface area (Å²) < 4.78 is 0. The van der Waals surface area contributed by atoms with Crippen molar-refractivity contribution in [2.45, 2.75) is 33.1 Å². The van der Waals surface area contributed by atoms with Gasteiger partial charge < -0.3 is 15.5 Å². The first-order valence-electron chi connectivity index (χ1n) is 9.99. The van der Waals surface area contributed by atoms with Gasteiger partial charge in [-0.3, -0.25) is 4.79 Å². The van der Waals surface area contributed by atoms with Crippen molar-refractivity contribution in [2.24, 2.45) is 5.92 Å². The Morgan fingerprint density at radius 2 is 1.71 bits per heavy atom. The van der Waals surface area contributed by atoms with Gasteiger partial charge in [0.2, 0.25) is 0 Å². The molecule has 1 aliphatic heterocycles. The number of hydrogen-bond donors (Lipinski definition) is 2. The molecular weight excluding hydrogens is 350 g/mol. The first kappa shape index (κ1) is 19.9. The maximum absolute atomic E-state index is 12.4. The van der Waals surface area contributed by atoms with Crippen LogP contribution in [0.5, 0.6) is 0 Å². The van der Waals surface area contributed by atoms with Crippen LogP contribution in [0.4, 0.5) is 10.5 Å². The molecule has 148 valence electrons. The average Bonchev–Trinajstić information content (AvgIpc) is 2.70. The highest BCUT2D eigenvalue weighted by molar-refractivity contribution is 5.94. The molecule has 1 aliphatic rings. The van der Waals surface area contributed by atoms with E-state index in [2.05, 4.69) is 10.6 Å². The maximum Gasteiger partial charge on any atom is 0.321 e. The van der Waals surface area contributed by atoms with Crippen LogP contribution in [0.3, 0.4) is 0 Å². The van der Waals surface area contributed by atoms with Gasteiger partial charge in [0.05, 0.1) is 0 Å². The number of nitrogens with one attached hydrogen (secondary N) is 2. The van der Waals surface area contributed by atoms with E-state index in [4.69, 9.17) is 0 Å². The number of urea groups is 1. The van der Waals surface area contributed by atoms with E-state index in [0.717, 1.165) is 43.6 Å². The van der Waals surface area contributed by atoms with Crippen LogP contribution in [0.2, 0.25) is 0 Å². The van der Waals surface area contributed by atoms with E-state index in [-0.39, 0.29) is 11.9 Å². The summed E-state index contributed by atoms with van der Waals surface area (Å²) in [5.74, 6) is 0.528. The largest absolute Gasteiger partial charge is 0.352 e. The Balaban J connectivity index is 1.37. The quantitative estimate of drug-likeness (QED) is 0.810. The van der Waals surface area contributed by atoms with Crippen LogP contribution in [-0.2, 0) is 0 Å². The normalized spacial score (nSPS) is 14.6. The molecule has 0 aliphatic carbocycles. The molecule has 1 fully saturated rings. The maximum atomic E-state index is 12.4. The number of carbonyl (C=O) groups is 2. The van der Waals surface area contributed by atoms with Crippen molar-refractivity contribution in [3.8, 4) is 0 Å². The Morgan fingerprint density at radius 3 is 2.39 bits per heavy atom. The zero-order valence-corrected chi connectivity index (χ0v) is 16.7. The van der Waals surface area contributed by atoms with Crippen molar-refractivity contribution in [3.05, 3.63) is 65.2 Å². The summed E-state index contributed by atoms with van der Waals surface area (Å²) in [6.07, 6.45) is 2.90. The summed E-state index contributed by atoms with van der Waals surface area (Å²) in [4.78, 5) is 26.5. The average molecular weight is 380 g/mol. The van der Waals surface area contributed by atoms with Crippen LogP contribution in [0.25, 0.3) is 0 Å². The summed E-state index contributed by atoms with van der Waals surface area (Å²) >= 11 is 0. The van der Waals surface area contributed by atoms with E-state index >= 15 is 0 Å². The minimum absolute atomic E-state index is 0.0152. The number of aryl methyl sites for hydroxylation is 2. The molecule has 0 radical (unpaired) electrons. The molecule has 0 aromatic heterocycles. The minimum atomic E-state index is -0.0324. The molecule has 5 heteroatoms. The molecule has 0 saturated carbocycles. The van der Waals surface area contributed by atoms with E-state index in [1.54, 1.807) is 0 Å². The first-order chi connectivity index (χ1) is 13.5. The van der Waals surface area contributed by atoms with Gasteiger partial charge in [0.15, 0.2) is 0 Å². The van der Waals surface area contributed by atoms with Gasteiger partial charge in [-0.1, -0.05) is 35.4 Å². The highest BCUT2D eigenvalue weighted by Gasteiger charge is 2.22. The minimum Gasteiger partial charge on any atom is -0.352 e.